The number of rotatable bonds is 2. The van der Waals surface area contributed by atoms with Crippen molar-refractivity contribution in [1.29, 1.82) is 0 Å². The van der Waals surface area contributed by atoms with Crippen molar-refractivity contribution in [2.75, 3.05) is 0 Å². The van der Waals surface area contributed by atoms with Gasteiger partial charge in [0.2, 0.25) is 4.96 Å². The molecule has 5 nitrogen and oxygen atoms in total. The van der Waals surface area contributed by atoms with Crippen LogP contribution in [0.15, 0.2) is 60.7 Å². The van der Waals surface area contributed by atoms with Gasteiger partial charge in [0.15, 0.2) is 10.8 Å². The van der Waals surface area contributed by atoms with E-state index in [-0.39, 0.29) is 0 Å². The van der Waals surface area contributed by atoms with Gasteiger partial charge in [0.25, 0.3) is 0 Å². The van der Waals surface area contributed by atoms with Crippen molar-refractivity contribution in [1.82, 2.24) is 24.8 Å². The number of aromatic nitrogens is 5. The van der Waals surface area contributed by atoms with Crippen molar-refractivity contribution in [3.8, 4) is 22.1 Å². The Kier molecular flexibility index (Phi) is 2.59. The van der Waals surface area contributed by atoms with Gasteiger partial charge in [-0.3, -0.25) is 0 Å². The van der Waals surface area contributed by atoms with E-state index in [4.69, 9.17) is 5.10 Å². The number of nitrogens with zero attached hydrogens (tertiary/aromatic N) is 4. The van der Waals surface area contributed by atoms with Gasteiger partial charge in [-0.05, 0) is 12.1 Å². The Bertz CT molecular complexity index is 1090. The highest BCUT2D eigenvalue weighted by atomic mass is 32.1. The molecular formula is C17H11N5S. The molecule has 0 saturated heterocycles. The number of H-pyrrole nitrogens is 1. The van der Waals surface area contributed by atoms with Gasteiger partial charge in [0, 0.05) is 16.5 Å². The predicted molar refractivity (Wildman–Crippen MR) is 91.4 cm³/mol. The largest absolute Gasteiger partial charge is 0.353 e. The van der Waals surface area contributed by atoms with Crippen molar-refractivity contribution >= 4 is 27.2 Å². The summed E-state index contributed by atoms with van der Waals surface area (Å²) >= 11 is 1.53. The second-order valence-corrected chi connectivity index (χ2v) is 6.22. The first kappa shape index (κ1) is 12.5. The van der Waals surface area contributed by atoms with Crippen molar-refractivity contribution in [3.05, 3.63) is 60.7 Å². The van der Waals surface area contributed by atoms with E-state index < -0.39 is 0 Å². The third-order valence-electron chi connectivity index (χ3n) is 3.78. The molecule has 3 heterocycles. The molecule has 0 spiro atoms. The van der Waals surface area contributed by atoms with Gasteiger partial charge < -0.3 is 4.98 Å². The minimum Gasteiger partial charge on any atom is -0.353 e. The van der Waals surface area contributed by atoms with Gasteiger partial charge in [0.1, 0.15) is 0 Å². The average Bonchev–Trinajstić information content (AvgIpc) is 3.28. The highest BCUT2D eigenvalue weighted by molar-refractivity contribution is 7.19. The number of hydrogen-bond acceptors (Lipinski definition) is 4. The fraction of sp³-hybridized carbons (Fsp3) is 0. The summed E-state index contributed by atoms with van der Waals surface area (Å²) in [5, 5.41) is 15.3. The van der Waals surface area contributed by atoms with E-state index in [0.717, 1.165) is 32.6 Å². The maximum absolute atomic E-state index is 4.69. The quantitative estimate of drug-likeness (QED) is 0.535. The maximum atomic E-state index is 4.69. The lowest BCUT2D eigenvalue weighted by molar-refractivity contribution is 0.968. The summed E-state index contributed by atoms with van der Waals surface area (Å²) in [7, 11) is 0. The zero-order valence-corrected chi connectivity index (χ0v) is 12.8. The van der Waals surface area contributed by atoms with E-state index in [1.807, 2.05) is 42.5 Å². The van der Waals surface area contributed by atoms with E-state index in [9.17, 15) is 0 Å². The Morgan fingerprint density at radius 1 is 0.913 bits per heavy atom. The highest BCUT2D eigenvalue weighted by Crippen LogP contribution is 2.29. The molecule has 5 aromatic rings. The van der Waals surface area contributed by atoms with Crippen LogP contribution in [0, 0.1) is 0 Å². The van der Waals surface area contributed by atoms with Gasteiger partial charge in [-0.15, -0.1) is 10.2 Å². The molecule has 23 heavy (non-hydrogen) atoms. The van der Waals surface area contributed by atoms with Crippen LogP contribution in [0.5, 0.6) is 0 Å². The van der Waals surface area contributed by atoms with Crippen LogP contribution in [0.4, 0.5) is 0 Å². The van der Waals surface area contributed by atoms with Crippen molar-refractivity contribution in [2.24, 2.45) is 0 Å². The van der Waals surface area contributed by atoms with Crippen molar-refractivity contribution < 1.29 is 0 Å². The van der Waals surface area contributed by atoms with Gasteiger partial charge in [-0.25, -0.2) is 0 Å². The first-order chi connectivity index (χ1) is 11.4. The summed E-state index contributed by atoms with van der Waals surface area (Å²) in [5.74, 6) is 0.763. The Morgan fingerprint density at radius 2 is 1.74 bits per heavy atom. The third-order valence-corrected chi connectivity index (χ3v) is 4.72. The van der Waals surface area contributed by atoms with Gasteiger partial charge >= 0.3 is 0 Å². The third kappa shape index (κ3) is 1.96. The second kappa shape index (κ2) is 4.76. The standard InChI is InChI=1S/C17H11N5S/c1-2-6-11(7-3-1)15-19-20-17-22(15)21-16(23-17)14-10-12-8-4-5-9-13(12)18-14/h1-10,18H. The smallest absolute Gasteiger partial charge is 0.235 e. The minimum atomic E-state index is 0.763. The molecule has 0 saturated carbocycles. The van der Waals surface area contributed by atoms with E-state index >= 15 is 0 Å². The molecule has 6 heteroatoms. The molecule has 0 unspecified atom stereocenters. The Labute approximate surface area is 135 Å². The van der Waals surface area contributed by atoms with E-state index in [1.54, 1.807) is 4.52 Å². The number of para-hydroxylation sites is 1. The van der Waals surface area contributed by atoms with Crippen molar-refractivity contribution in [3.63, 3.8) is 0 Å². The summed E-state index contributed by atoms with van der Waals surface area (Å²) in [5.41, 5.74) is 3.12. The molecule has 0 bridgehead atoms. The molecule has 1 N–H and O–H groups in total. The molecule has 110 valence electrons. The molecule has 3 aromatic heterocycles. The summed E-state index contributed by atoms with van der Waals surface area (Å²) in [6.45, 7) is 0. The topological polar surface area (TPSA) is 58.9 Å². The Balaban J connectivity index is 1.67. The fourth-order valence-electron chi connectivity index (χ4n) is 2.68. The van der Waals surface area contributed by atoms with Crippen LogP contribution in [0.1, 0.15) is 0 Å². The average molecular weight is 317 g/mol. The molecule has 0 amide bonds. The molecule has 5 rings (SSSR count). The van der Waals surface area contributed by atoms with Crippen LogP contribution in [0.25, 0.3) is 38.0 Å². The number of nitrogens with one attached hydrogen (secondary N) is 1. The Morgan fingerprint density at radius 3 is 2.61 bits per heavy atom. The lowest BCUT2D eigenvalue weighted by Crippen LogP contribution is -1.90. The zero-order valence-electron chi connectivity index (χ0n) is 12.0. The summed E-state index contributed by atoms with van der Waals surface area (Å²) in [6, 6.07) is 20.3. The lowest BCUT2D eigenvalue weighted by atomic mass is 10.2. The summed E-state index contributed by atoms with van der Waals surface area (Å²) < 4.78 is 1.81. The lowest BCUT2D eigenvalue weighted by Gasteiger charge is -1.95. The van der Waals surface area contributed by atoms with Crippen LogP contribution >= 0.6 is 11.3 Å². The fourth-order valence-corrected chi connectivity index (χ4v) is 3.49. The van der Waals surface area contributed by atoms with Crippen molar-refractivity contribution in [2.45, 2.75) is 0 Å². The number of benzene rings is 2. The van der Waals surface area contributed by atoms with E-state index in [2.05, 4.69) is 33.4 Å². The van der Waals surface area contributed by atoms with Crippen LogP contribution in [-0.4, -0.2) is 24.8 Å². The summed E-state index contributed by atoms with van der Waals surface area (Å²) in [4.78, 5) is 4.20. The van der Waals surface area contributed by atoms with Gasteiger partial charge in [-0.2, -0.15) is 9.61 Å². The molecule has 0 atom stereocenters. The highest BCUT2D eigenvalue weighted by Gasteiger charge is 2.15. The molecule has 0 aliphatic carbocycles. The maximum Gasteiger partial charge on any atom is 0.235 e. The van der Waals surface area contributed by atoms with Gasteiger partial charge in [-0.1, -0.05) is 59.9 Å². The first-order valence-electron chi connectivity index (χ1n) is 7.24. The number of aromatic amines is 1. The zero-order chi connectivity index (χ0) is 15.2. The second-order valence-electron chi connectivity index (χ2n) is 5.26. The molecule has 0 aliphatic rings. The van der Waals surface area contributed by atoms with Gasteiger partial charge in [0.05, 0.1) is 5.69 Å². The van der Waals surface area contributed by atoms with Crippen LogP contribution in [0.2, 0.25) is 0 Å². The Hall–Kier alpha value is -2.99. The molecule has 0 fully saturated rings. The number of hydrogen-bond donors (Lipinski definition) is 1. The van der Waals surface area contributed by atoms with Crippen LogP contribution < -0.4 is 0 Å². The number of fused-ring (bicyclic) bond motifs is 2. The van der Waals surface area contributed by atoms with E-state index in [1.165, 1.54) is 16.7 Å². The predicted octanol–water partition coefficient (Wildman–Crippen LogP) is 4.00. The SMILES string of the molecule is c1ccc(-c2nnc3sc(-c4cc5ccccc5[nH]4)nn23)cc1. The molecule has 0 radical (unpaired) electrons. The normalized spacial score (nSPS) is 11.5. The molecular weight excluding hydrogens is 306 g/mol. The minimum absolute atomic E-state index is 0.763. The molecule has 0 aliphatic heterocycles. The molecule has 2 aromatic carbocycles. The first-order valence-corrected chi connectivity index (χ1v) is 8.06. The van der Waals surface area contributed by atoms with Crippen LogP contribution in [0.3, 0.4) is 0 Å². The summed E-state index contributed by atoms with van der Waals surface area (Å²) in [6.07, 6.45) is 0. The monoisotopic (exact) mass is 317 g/mol. The van der Waals surface area contributed by atoms with E-state index in [0.29, 0.717) is 0 Å². The van der Waals surface area contributed by atoms with Crippen LogP contribution in [-0.2, 0) is 0 Å².